The highest BCUT2D eigenvalue weighted by molar-refractivity contribution is 6.30. The zero-order chi connectivity index (χ0) is 23.0. The third kappa shape index (κ3) is 4.74. The van der Waals surface area contributed by atoms with Crippen LogP contribution >= 0.6 is 11.6 Å². The molecule has 1 aliphatic heterocycles. The summed E-state index contributed by atoms with van der Waals surface area (Å²) >= 11 is 6.05. The number of halogens is 2. The molecule has 1 unspecified atom stereocenters. The number of benzene rings is 1. The first-order valence-corrected chi connectivity index (χ1v) is 11.6. The molecular formula is C24H31ClFN5O. The minimum Gasteiger partial charge on any atom is -0.353 e. The Kier molecular flexibility index (Phi) is 6.41. The second-order valence-corrected chi connectivity index (χ2v) is 10.1. The van der Waals surface area contributed by atoms with Crippen LogP contribution in [-0.2, 0) is 4.79 Å². The molecule has 4 rings (SSSR count). The van der Waals surface area contributed by atoms with Crippen molar-refractivity contribution in [3.8, 4) is 0 Å². The van der Waals surface area contributed by atoms with Crippen molar-refractivity contribution in [1.29, 1.82) is 0 Å². The molecule has 2 aromatic rings. The fourth-order valence-electron chi connectivity index (χ4n) is 4.84. The smallest absolute Gasteiger partial charge is 0.230 e. The number of fused-ring (bicyclic) bond motifs is 1. The molecule has 0 bridgehead atoms. The lowest BCUT2D eigenvalue weighted by atomic mass is 9.85. The van der Waals surface area contributed by atoms with Gasteiger partial charge < -0.3 is 15.5 Å². The maximum absolute atomic E-state index is 14.3. The molecule has 8 heteroatoms. The molecule has 0 spiro atoms. The summed E-state index contributed by atoms with van der Waals surface area (Å²) in [5, 5.41) is 0.641. The second kappa shape index (κ2) is 8.94. The van der Waals surface area contributed by atoms with Gasteiger partial charge in [-0.1, -0.05) is 30.7 Å². The Labute approximate surface area is 194 Å². The molecule has 1 aromatic carbocycles. The molecule has 1 aromatic heterocycles. The van der Waals surface area contributed by atoms with Crippen molar-refractivity contribution in [1.82, 2.24) is 14.9 Å². The number of alkyl halides is 1. The Morgan fingerprint density at radius 1 is 1.22 bits per heavy atom. The van der Waals surface area contributed by atoms with E-state index in [1.807, 2.05) is 49.9 Å². The van der Waals surface area contributed by atoms with Crippen LogP contribution < -0.4 is 10.6 Å². The van der Waals surface area contributed by atoms with Gasteiger partial charge in [0.1, 0.15) is 18.3 Å². The first-order chi connectivity index (χ1) is 15.1. The maximum atomic E-state index is 14.3. The van der Waals surface area contributed by atoms with Gasteiger partial charge in [-0.2, -0.15) is 0 Å². The number of nitrogens with two attached hydrogens (primary N) is 1. The molecule has 2 heterocycles. The van der Waals surface area contributed by atoms with E-state index < -0.39 is 11.7 Å². The minimum absolute atomic E-state index is 0.0793. The first kappa shape index (κ1) is 22.9. The van der Waals surface area contributed by atoms with Crippen LogP contribution in [-0.4, -0.2) is 52.5 Å². The lowest BCUT2D eigenvalue weighted by molar-refractivity contribution is -0.133. The van der Waals surface area contributed by atoms with Gasteiger partial charge in [0.25, 0.3) is 0 Å². The van der Waals surface area contributed by atoms with Gasteiger partial charge in [-0.25, -0.2) is 14.4 Å². The monoisotopic (exact) mass is 459 g/mol. The summed E-state index contributed by atoms with van der Waals surface area (Å²) in [7, 11) is 0. The highest BCUT2D eigenvalue weighted by atomic mass is 35.5. The van der Waals surface area contributed by atoms with Gasteiger partial charge in [0.15, 0.2) is 0 Å². The molecule has 1 amide bonds. The van der Waals surface area contributed by atoms with E-state index in [9.17, 15) is 9.18 Å². The minimum atomic E-state index is -1.02. The number of piperazine rings is 1. The third-order valence-electron chi connectivity index (χ3n) is 6.44. The van der Waals surface area contributed by atoms with Crippen LogP contribution in [0.3, 0.4) is 0 Å². The first-order valence-electron chi connectivity index (χ1n) is 11.2. The van der Waals surface area contributed by atoms with E-state index in [0.717, 1.165) is 16.9 Å². The van der Waals surface area contributed by atoms with Crippen LogP contribution in [0.5, 0.6) is 0 Å². The number of hydrogen-bond donors (Lipinski definition) is 1. The van der Waals surface area contributed by atoms with Crippen molar-refractivity contribution >= 4 is 23.3 Å². The van der Waals surface area contributed by atoms with Gasteiger partial charge in [-0.15, -0.1) is 0 Å². The number of aromatic nitrogens is 2. The van der Waals surface area contributed by atoms with Gasteiger partial charge >= 0.3 is 0 Å². The van der Waals surface area contributed by atoms with Crippen LogP contribution in [0.4, 0.5) is 10.2 Å². The molecule has 172 valence electrons. The summed E-state index contributed by atoms with van der Waals surface area (Å²) in [6.45, 7) is 8.37. The molecule has 2 N–H and O–H groups in total. The van der Waals surface area contributed by atoms with Crippen LogP contribution in [0.2, 0.25) is 5.02 Å². The van der Waals surface area contributed by atoms with E-state index in [1.165, 1.54) is 6.33 Å². The van der Waals surface area contributed by atoms with Crippen molar-refractivity contribution < 1.29 is 9.18 Å². The summed E-state index contributed by atoms with van der Waals surface area (Å²) in [5.41, 5.74) is 8.18. The fraction of sp³-hybridized carbons (Fsp3) is 0.542. The number of nitrogens with zero attached hydrogens (tertiary/aromatic N) is 4. The number of amides is 1. The molecule has 2 aliphatic rings. The molecule has 0 radical (unpaired) electrons. The normalized spacial score (nSPS) is 22.1. The van der Waals surface area contributed by atoms with Gasteiger partial charge in [0.05, 0.1) is 11.6 Å². The van der Waals surface area contributed by atoms with Crippen molar-refractivity contribution in [2.24, 2.45) is 5.73 Å². The summed E-state index contributed by atoms with van der Waals surface area (Å²) in [5.74, 6) is 0.661. The van der Waals surface area contributed by atoms with Gasteiger partial charge in [-0.3, -0.25) is 4.79 Å². The Hall–Kier alpha value is -2.25. The molecule has 3 atom stereocenters. The number of rotatable bonds is 5. The average molecular weight is 460 g/mol. The topological polar surface area (TPSA) is 75.4 Å². The van der Waals surface area contributed by atoms with Crippen molar-refractivity contribution in [2.45, 2.75) is 57.2 Å². The lowest BCUT2D eigenvalue weighted by Crippen LogP contribution is -2.51. The Balaban J connectivity index is 1.50. The van der Waals surface area contributed by atoms with E-state index in [1.54, 1.807) is 0 Å². The standard InChI is InChI=1S/C24H31ClFN5O/c1-15-12-19(26)21-20(15)22(29-14-28-21)30-8-10-31(11-9-30)23(32)18(13-24(2,3)27)16-4-6-17(25)7-5-16/h4-7,14-15,18-19H,8-13,27H2,1-3H3/t15-,18?,19-/m1/s1. The predicted molar refractivity (Wildman–Crippen MR) is 125 cm³/mol. The number of hydrogen-bond acceptors (Lipinski definition) is 5. The fourth-order valence-corrected chi connectivity index (χ4v) is 4.97. The number of carbonyl (C=O) groups excluding carboxylic acids is 1. The molecule has 32 heavy (non-hydrogen) atoms. The molecule has 1 fully saturated rings. The largest absolute Gasteiger partial charge is 0.353 e. The molecule has 1 aliphatic carbocycles. The number of anilines is 1. The second-order valence-electron chi connectivity index (χ2n) is 9.71. The average Bonchev–Trinajstić information content (AvgIpc) is 3.05. The Morgan fingerprint density at radius 2 is 1.88 bits per heavy atom. The van der Waals surface area contributed by atoms with Crippen molar-refractivity contribution in [3.05, 3.63) is 52.4 Å². The van der Waals surface area contributed by atoms with Crippen LogP contribution in [0.1, 0.15) is 68.4 Å². The molecule has 1 saturated heterocycles. The highest BCUT2D eigenvalue weighted by Crippen LogP contribution is 2.44. The number of carbonyl (C=O) groups is 1. The van der Waals surface area contributed by atoms with E-state index in [-0.39, 0.29) is 17.7 Å². The molecule has 0 saturated carbocycles. The van der Waals surface area contributed by atoms with E-state index in [0.29, 0.717) is 49.7 Å². The van der Waals surface area contributed by atoms with Crippen molar-refractivity contribution in [2.75, 3.05) is 31.1 Å². The zero-order valence-electron chi connectivity index (χ0n) is 18.9. The SMILES string of the molecule is C[C@@H]1C[C@@H](F)c2ncnc(N3CCN(C(=O)C(CC(C)(C)N)c4ccc(Cl)cc4)CC3)c21. The zero-order valence-corrected chi connectivity index (χ0v) is 19.6. The van der Waals surface area contributed by atoms with Gasteiger partial charge in [-0.05, 0) is 50.3 Å². The van der Waals surface area contributed by atoms with Gasteiger partial charge in [0, 0.05) is 42.3 Å². The summed E-state index contributed by atoms with van der Waals surface area (Å²) in [6.07, 6.45) is 1.43. The molecule has 6 nitrogen and oxygen atoms in total. The highest BCUT2D eigenvalue weighted by Gasteiger charge is 2.36. The Bertz CT molecular complexity index is 969. The summed E-state index contributed by atoms with van der Waals surface area (Å²) < 4.78 is 14.3. The molecular weight excluding hydrogens is 429 g/mol. The predicted octanol–water partition coefficient (Wildman–Crippen LogP) is 4.21. The summed E-state index contributed by atoms with van der Waals surface area (Å²) in [4.78, 5) is 26.3. The Morgan fingerprint density at radius 3 is 2.50 bits per heavy atom. The van der Waals surface area contributed by atoms with Crippen LogP contribution in [0.15, 0.2) is 30.6 Å². The lowest BCUT2D eigenvalue weighted by Gasteiger charge is -2.38. The van der Waals surface area contributed by atoms with Crippen LogP contribution in [0.25, 0.3) is 0 Å². The van der Waals surface area contributed by atoms with E-state index in [4.69, 9.17) is 17.3 Å². The van der Waals surface area contributed by atoms with Crippen molar-refractivity contribution in [3.63, 3.8) is 0 Å². The summed E-state index contributed by atoms with van der Waals surface area (Å²) in [6, 6.07) is 7.44. The van der Waals surface area contributed by atoms with Gasteiger partial charge in [0.2, 0.25) is 5.91 Å². The van der Waals surface area contributed by atoms with Crippen LogP contribution in [0, 0.1) is 0 Å². The maximum Gasteiger partial charge on any atom is 0.230 e. The third-order valence-corrected chi connectivity index (χ3v) is 6.69. The van der Waals surface area contributed by atoms with E-state index in [2.05, 4.69) is 14.9 Å². The van der Waals surface area contributed by atoms with E-state index >= 15 is 0 Å². The quantitative estimate of drug-likeness (QED) is 0.724.